The molecule has 1 spiro atoms. The zero-order valence-corrected chi connectivity index (χ0v) is 18.4. The zero-order chi connectivity index (χ0) is 21.2. The number of methoxy groups -OCH3 is 1. The van der Waals surface area contributed by atoms with Gasteiger partial charge in [0.05, 0.1) is 6.10 Å². The minimum atomic E-state index is -0.387. The first-order chi connectivity index (χ1) is 15.1. The van der Waals surface area contributed by atoms with Gasteiger partial charge in [-0.15, -0.1) is 0 Å². The van der Waals surface area contributed by atoms with Crippen molar-refractivity contribution in [1.29, 1.82) is 0 Å². The van der Waals surface area contributed by atoms with Crippen LogP contribution in [0.2, 0.25) is 0 Å². The normalized spacial score (nSPS) is 40.2. The van der Waals surface area contributed by atoms with E-state index in [-0.39, 0.29) is 30.0 Å². The number of hydrogen-bond acceptors (Lipinski definition) is 4. The Morgan fingerprint density at radius 3 is 2.77 bits per heavy atom. The van der Waals surface area contributed by atoms with E-state index in [4.69, 9.17) is 14.2 Å². The molecule has 1 heterocycles. The van der Waals surface area contributed by atoms with Crippen LogP contribution < -0.4 is 4.74 Å². The Balaban J connectivity index is 1.27. The van der Waals surface area contributed by atoms with Crippen LogP contribution in [0.5, 0.6) is 5.75 Å². The standard InChI is InChI=1S/C27H32O4/c1-26-13-12-21-20-11-9-19(30-16-29-2)14-18(20)8-10-22(21)23(26)15-27(25(26)28)24(31-27)17-6-4-3-5-7-17/h3-7,9,11,14,21-25,28H,8,10,12-13,15-16H2,1-2H3/t21-,22-,23+,24+,25-,26+,27-/m1/s1. The molecule has 31 heavy (non-hydrogen) atoms. The summed E-state index contributed by atoms with van der Waals surface area (Å²) in [6.45, 7) is 2.61. The van der Waals surface area contributed by atoms with E-state index in [1.54, 1.807) is 7.11 Å². The van der Waals surface area contributed by atoms with E-state index >= 15 is 0 Å². The number of ether oxygens (including phenoxy) is 3. The van der Waals surface area contributed by atoms with Gasteiger partial charge in [-0.2, -0.15) is 0 Å². The van der Waals surface area contributed by atoms with Crippen molar-refractivity contribution in [1.82, 2.24) is 0 Å². The lowest BCUT2D eigenvalue weighted by molar-refractivity contribution is -0.0375. The molecule has 6 rings (SSSR count). The average molecular weight is 421 g/mol. The first-order valence-corrected chi connectivity index (χ1v) is 11.7. The highest BCUT2D eigenvalue weighted by Gasteiger charge is 2.74. The first kappa shape index (κ1) is 19.8. The molecule has 0 unspecified atom stereocenters. The van der Waals surface area contributed by atoms with Gasteiger partial charge in [-0.1, -0.05) is 43.3 Å². The van der Waals surface area contributed by atoms with E-state index in [1.807, 2.05) is 6.07 Å². The summed E-state index contributed by atoms with van der Waals surface area (Å²) in [4.78, 5) is 0. The van der Waals surface area contributed by atoms with Crippen LogP contribution in [-0.2, 0) is 15.9 Å². The Hall–Kier alpha value is -1.88. The molecule has 2 aromatic rings. The lowest BCUT2D eigenvalue weighted by atomic mass is 9.55. The van der Waals surface area contributed by atoms with Gasteiger partial charge in [0.15, 0.2) is 6.79 Å². The number of rotatable bonds is 4. The summed E-state index contributed by atoms with van der Waals surface area (Å²) in [5, 5.41) is 11.6. The van der Waals surface area contributed by atoms with Crippen molar-refractivity contribution in [2.75, 3.05) is 13.9 Å². The van der Waals surface area contributed by atoms with Crippen LogP contribution >= 0.6 is 0 Å². The van der Waals surface area contributed by atoms with Crippen molar-refractivity contribution in [2.24, 2.45) is 17.3 Å². The van der Waals surface area contributed by atoms with E-state index in [0.29, 0.717) is 17.8 Å². The predicted octanol–water partition coefficient (Wildman–Crippen LogP) is 5.01. The maximum absolute atomic E-state index is 11.6. The van der Waals surface area contributed by atoms with Crippen molar-refractivity contribution >= 4 is 0 Å². The van der Waals surface area contributed by atoms with Crippen LogP contribution in [0, 0.1) is 17.3 Å². The van der Waals surface area contributed by atoms with E-state index in [9.17, 15) is 5.11 Å². The molecule has 2 aromatic carbocycles. The fourth-order valence-electron chi connectivity index (χ4n) is 7.39. The van der Waals surface area contributed by atoms with Gasteiger partial charge >= 0.3 is 0 Å². The molecule has 1 saturated heterocycles. The molecule has 3 aliphatic carbocycles. The van der Waals surface area contributed by atoms with Crippen molar-refractivity contribution in [3.05, 3.63) is 65.2 Å². The Bertz CT molecular complexity index is 974. The topological polar surface area (TPSA) is 51.2 Å². The van der Waals surface area contributed by atoms with E-state index in [1.165, 1.54) is 23.1 Å². The van der Waals surface area contributed by atoms with Crippen molar-refractivity contribution in [2.45, 2.75) is 62.8 Å². The molecule has 0 aromatic heterocycles. The van der Waals surface area contributed by atoms with E-state index in [0.717, 1.165) is 31.4 Å². The van der Waals surface area contributed by atoms with Gasteiger partial charge in [-0.3, -0.25) is 0 Å². The maximum Gasteiger partial charge on any atom is 0.188 e. The Kier molecular flexibility index (Phi) is 4.51. The van der Waals surface area contributed by atoms with Gasteiger partial charge in [0.1, 0.15) is 17.5 Å². The fourth-order valence-corrected chi connectivity index (χ4v) is 7.39. The van der Waals surface area contributed by atoms with Crippen LogP contribution in [0.1, 0.15) is 61.3 Å². The summed E-state index contributed by atoms with van der Waals surface area (Å²) < 4.78 is 17.1. The highest BCUT2D eigenvalue weighted by atomic mass is 16.7. The van der Waals surface area contributed by atoms with E-state index in [2.05, 4.69) is 49.4 Å². The minimum absolute atomic E-state index is 0.0425. The third-order valence-corrected chi connectivity index (χ3v) is 8.93. The summed E-state index contributed by atoms with van der Waals surface area (Å²) in [7, 11) is 1.65. The van der Waals surface area contributed by atoms with Crippen LogP contribution in [0.4, 0.5) is 0 Å². The molecule has 1 aliphatic heterocycles. The molecular formula is C27H32O4. The Morgan fingerprint density at radius 1 is 1.13 bits per heavy atom. The van der Waals surface area contributed by atoms with Crippen molar-refractivity contribution in [3.8, 4) is 5.75 Å². The van der Waals surface area contributed by atoms with Crippen molar-refractivity contribution in [3.63, 3.8) is 0 Å². The SMILES string of the molecule is COCOc1ccc2c(c1)CC[C@@H]1[C@@H]2CC[C@]2(C)[C@@H](O)[C@]3(C[C@@H]12)O[C@H]3c1ccccc1. The van der Waals surface area contributed by atoms with Gasteiger partial charge in [0.25, 0.3) is 0 Å². The molecule has 2 saturated carbocycles. The van der Waals surface area contributed by atoms with Gasteiger partial charge in [0.2, 0.25) is 0 Å². The highest BCUT2D eigenvalue weighted by molar-refractivity contribution is 5.41. The molecule has 3 fully saturated rings. The number of aliphatic hydroxyl groups excluding tert-OH is 1. The molecule has 0 bridgehead atoms. The maximum atomic E-state index is 11.6. The molecule has 0 radical (unpaired) electrons. The zero-order valence-electron chi connectivity index (χ0n) is 18.4. The molecular weight excluding hydrogens is 388 g/mol. The third kappa shape index (κ3) is 2.84. The van der Waals surface area contributed by atoms with Crippen LogP contribution in [0.3, 0.4) is 0 Å². The van der Waals surface area contributed by atoms with Gasteiger partial charge in [0, 0.05) is 7.11 Å². The molecule has 0 amide bonds. The minimum Gasteiger partial charge on any atom is -0.468 e. The van der Waals surface area contributed by atoms with Gasteiger partial charge in [-0.05, 0) is 84.1 Å². The smallest absolute Gasteiger partial charge is 0.188 e. The quantitative estimate of drug-likeness (QED) is 0.558. The number of hydrogen-bond donors (Lipinski definition) is 1. The summed E-state index contributed by atoms with van der Waals surface area (Å²) in [6.07, 6.45) is 5.11. The van der Waals surface area contributed by atoms with Crippen molar-refractivity contribution < 1.29 is 19.3 Å². The summed E-state index contributed by atoms with van der Waals surface area (Å²) in [5.74, 6) is 2.60. The molecule has 4 aliphatic rings. The Labute approximate surface area is 184 Å². The summed E-state index contributed by atoms with van der Waals surface area (Å²) >= 11 is 0. The second-order valence-electron chi connectivity index (χ2n) is 10.3. The monoisotopic (exact) mass is 420 g/mol. The van der Waals surface area contributed by atoms with Crippen LogP contribution in [-0.4, -0.2) is 30.7 Å². The number of fused-ring (bicyclic) bond motifs is 5. The number of epoxide rings is 1. The van der Waals surface area contributed by atoms with E-state index < -0.39 is 0 Å². The lowest BCUT2D eigenvalue weighted by Gasteiger charge is -2.49. The van der Waals surface area contributed by atoms with Crippen LogP contribution in [0.15, 0.2) is 48.5 Å². The lowest BCUT2D eigenvalue weighted by Crippen LogP contribution is -2.45. The fraction of sp³-hybridized carbons (Fsp3) is 0.556. The van der Waals surface area contributed by atoms with Crippen LogP contribution in [0.25, 0.3) is 0 Å². The molecule has 1 N–H and O–H groups in total. The molecule has 4 nitrogen and oxygen atoms in total. The van der Waals surface area contributed by atoms with Gasteiger partial charge < -0.3 is 19.3 Å². The molecule has 164 valence electrons. The largest absolute Gasteiger partial charge is 0.468 e. The predicted molar refractivity (Wildman–Crippen MR) is 118 cm³/mol. The number of aliphatic hydroxyl groups is 1. The first-order valence-electron chi connectivity index (χ1n) is 11.7. The molecule has 7 atom stereocenters. The summed E-state index contributed by atoms with van der Waals surface area (Å²) in [6, 6.07) is 17.0. The number of aryl methyl sites for hydroxylation is 1. The second-order valence-corrected chi connectivity index (χ2v) is 10.3. The second kappa shape index (κ2) is 7.06. The summed E-state index contributed by atoms with van der Waals surface area (Å²) in [5.41, 5.74) is 3.70. The Morgan fingerprint density at radius 2 is 1.97 bits per heavy atom. The highest BCUT2D eigenvalue weighted by Crippen LogP contribution is 2.71. The third-order valence-electron chi connectivity index (χ3n) is 8.93. The molecule has 4 heteroatoms. The average Bonchev–Trinajstić information content (AvgIpc) is 3.49. The number of benzene rings is 2. The van der Waals surface area contributed by atoms with Gasteiger partial charge in [-0.25, -0.2) is 0 Å².